The number of anilines is 1. The summed E-state index contributed by atoms with van der Waals surface area (Å²) < 4.78 is 1.59. The number of aromatic nitrogens is 3. The highest BCUT2D eigenvalue weighted by molar-refractivity contribution is 5.55. The van der Waals surface area contributed by atoms with Gasteiger partial charge in [0, 0.05) is 11.6 Å². The van der Waals surface area contributed by atoms with Crippen LogP contribution in [0.15, 0.2) is 12.1 Å². The average molecular weight is 275 g/mol. The Morgan fingerprint density at radius 1 is 1.30 bits per heavy atom. The molecule has 0 fully saturated rings. The molecule has 0 saturated heterocycles. The molecule has 2 aromatic rings. The molecule has 0 aliphatic carbocycles. The van der Waals surface area contributed by atoms with Crippen molar-refractivity contribution in [3.05, 3.63) is 39.1 Å². The SMILES string of the molecule is Cc1cc(C)c([N+](=O)[O-])cc1-n1nnc(N)c1C(C)C. The quantitative estimate of drug-likeness (QED) is 0.685. The number of hydrogen-bond acceptors (Lipinski definition) is 5. The first-order chi connectivity index (χ1) is 9.32. The summed E-state index contributed by atoms with van der Waals surface area (Å²) in [6.07, 6.45) is 0. The zero-order chi connectivity index (χ0) is 15.0. The number of benzene rings is 1. The van der Waals surface area contributed by atoms with Gasteiger partial charge in [-0.1, -0.05) is 19.1 Å². The van der Waals surface area contributed by atoms with Crippen LogP contribution >= 0.6 is 0 Å². The summed E-state index contributed by atoms with van der Waals surface area (Å²) in [4.78, 5) is 10.7. The molecule has 0 aliphatic heterocycles. The summed E-state index contributed by atoms with van der Waals surface area (Å²) in [5.41, 5.74) is 8.79. The Morgan fingerprint density at radius 3 is 2.50 bits per heavy atom. The molecule has 0 atom stereocenters. The van der Waals surface area contributed by atoms with Gasteiger partial charge in [0.1, 0.15) is 0 Å². The Hall–Kier alpha value is -2.44. The first kappa shape index (κ1) is 14.0. The van der Waals surface area contributed by atoms with Gasteiger partial charge in [0.05, 0.1) is 16.3 Å². The highest BCUT2D eigenvalue weighted by atomic mass is 16.6. The van der Waals surface area contributed by atoms with E-state index in [-0.39, 0.29) is 11.6 Å². The van der Waals surface area contributed by atoms with Crippen molar-refractivity contribution in [1.29, 1.82) is 0 Å². The second-order valence-corrected chi connectivity index (χ2v) is 5.11. The van der Waals surface area contributed by atoms with E-state index in [9.17, 15) is 10.1 Å². The Kier molecular flexibility index (Phi) is 3.44. The molecule has 1 heterocycles. The predicted octanol–water partition coefficient (Wildman–Crippen LogP) is 2.50. The van der Waals surface area contributed by atoms with E-state index in [4.69, 9.17) is 5.73 Å². The lowest BCUT2D eigenvalue weighted by Crippen LogP contribution is -2.08. The molecule has 106 valence electrons. The van der Waals surface area contributed by atoms with Gasteiger partial charge in [0.15, 0.2) is 5.82 Å². The van der Waals surface area contributed by atoms with E-state index in [0.717, 1.165) is 11.3 Å². The topological polar surface area (TPSA) is 99.9 Å². The lowest BCUT2D eigenvalue weighted by atomic mass is 10.1. The molecular weight excluding hydrogens is 258 g/mol. The van der Waals surface area contributed by atoms with Gasteiger partial charge in [0.2, 0.25) is 0 Å². The third-order valence-electron chi connectivity index (χ3n) is 3.22. The minimum Gasteiger partial charge on any atom is -0.381 e. The van der Waals surface area contributed by atoms with Crippen LogP contribution in [0.4, 0.5) is 11.5 Å². The molecule has 0 unspecified atom stereocenters. The van der Waals surface area contributed by atoms with Gasteiger partial charge in [-0.25, -0.2) is 4.68 Å². The highest BCUT2D eigenvalue weighted by Gasteiger charge is 2.20. The first-order valence-corrected chi connectivity index (χ1v) is 6.30. The van der Waals surface area contributed by atoms with E-state index in [1.807, 2.05) is 20.8 Å². The fourth-order valence-corrected chi connectivity index (χ4v) is 2.27. The van der Waals surface area contributed by atoms with E-state index in [0.29, 0.717) is 17.1 Å². The lowest BCUT2D eigenvalue weighted by molar-refractivity contribution is -0.385. The van der Waals surface area contributed by atoms with Crippen molar-refractivity contribution < 1.29 is 4.92 Å². The third-order valence-corrected chi connectivity index (χ3v) is 3.22. The number of nitro benzene ring substituents is 1. The van der Waals surface area contributed by atoms with Crippen molar-refractivity contribution in [2.75, 3.05) is 5.73 Å². The number of nitrogens with two attached hydrogens (primary N) is 1. The van der Waals surface area contributed by atoms with Crippen molar-refractivity contribution in [2.24, 2.45) is 0 Å². The maximum absolute atomic E-state index is 11.1. The van der Waals surface area contributed by atoms with E-state index in [1.54, 1.807) is 17.7 Å². The van der Waals surface area contributed by atoms with Crippen LogP contribution in [-0.2, 0) is 0 Å². The molecule has 0 radical (unpaired) electrons. The van der Waals surface area contributed by atoms with Gasteiger partial charge in [-0.05, 0) is 31.4 Å². The number of nitro groups is 1. The fraction of sp³-hybridized carbons (Fsp3) is 0.385. The van der Waals surface area contributed by atoms with Gasteiger partial charge in [-0.3, -0.25) is 10.1 Å². The zero-order valence-corrected chi connectivity index (χ0v) is 11.9. The van der Waals surface area contributed by atoms with Crippen LogP contribution < -0.4 is 5.73 Å². The molecule has 0 spiro atoms. The minimum absolute atomic E-state index is 0.0642. The van der Waals surface area contributed by atoms with Gasteiger partial charge in [-0.15, -0.1) is 5.10 Å². The molecule has 0 aliphatic rings. The number of nitrogen functional groups attached to an aromatic ring is 1. The minimum atomic E-state index is -0.395. The van der Waals surface area contributed by atoms with Gasteiger partial charge >= 0.3 is 0 Å². The number of rotatable bonds is 3. The van der Waals surface area contributed by atoms with Crippen LogP contribution in [0.2, 0.25) is 0 Å². The van der Waals surface area contributed by atoms with Crippen molar-refractivity contribution in [2.45, 2.75) is 33.6 Å². The molecule has 20 heavy (non-hydrogen) atoms. The summed E-state index contributed by atoms with van der Waals surface area (Å²) in [5.74, 6) is 0.465. The molecule has 7 heteroatoms. The van der Waals surface area contributed by atoms with Crippen molar-refractivity contribution in [1.82, 2.24) is 15.0 Å². The average Bonchev–Trinajstić information content (AvgIpc) is 2.70. The van der Waals surface area contributed by atoms with Crippen molar-refractivity contribution in [3.8, 4) is 5.69 Å². The van der Waals surface area contributed by atoms with Gasteiger partial charge < -0.3 is 5.73 Å². The van der Waals surface area contributed by atoms with E-state index < -0.39 is 4.92 Å². The standard InChI is InChI=1S/C13H17N5O2/c1-7(2)12-13(14)15-16-17(12)10-6-11(18(19)20)9(4)5-8(10)3/h5-7H,14H2,1-4H3. The summed E-state index contributed by atoms with van der Waals surface area (Å²) in [7, 11) is 0. The molecule has 2 N–H and O–H groups in total. The molecule has 1 aromatic carbocycles. The van der Waals surface area contributed by atoms with Crippen LogP contribution in [0.1, 0.15) is 36.6 Å². The molecule has 0 bridgehead atoms. The van der Waals surface area contributed by atoms with E-state index in [2.05, 4.69) is 10.3 Å². The second-order valence-electron chi connectivity index (χ2n) is 5.11. The monoisotopic (exact) mass is 275 g/mol. The molecule has 7 nitrogen and oxygen atoms in total. The van der Waals surface area contributed by atoms with E-state index >= 15 is 0 Å². The summed E-state index contributed by atoms with van der Waals surface area (Å²) >= 11 is 0. The Morgan fingerprint density at radius 2 is 1.95 bits per heavy atom. The number of nitrogens with zero attached hydrogens (tertiary/aromatic N) is 4. The molecule has 2 rings (SSSR count). The lowest BCUT2D eigenvalue weighted by Gasteiger charge is -2.12. The maximum atomic E-state index is 11.1. The van der Waals surface area contributed by atoms with Crippen molar-refractivity contribution in [3.63, 3.8) is 0 Å². The number of hydrogen-bond donors (Lipinski definition) is 1. The smallest absolute Gasteiger partial charge is 0.274 e. The summed E-state index contributed by atoms with van der Waals surface area (Å²) in [6.45, 7) is 7.55. The van der Waals surface area contributed by atoms with Gasteiger partial charge in [0.25, 0.3) is 5.69 Å². The summed E-state index contributed by atoms with van der Waals surface area (Å²) in [5, 5.41) is 19.0. The normalized spacial score (nSPS) is 11.1. The molecular formula is C13H17N5O2. The summed E-state index contributed by atoms with van der Waals surface area (Å²) in [6, 6.07) is 3.29. The largest absolute Gasteiger partial charge is 0.381 e. The van der Waals surface area contributed by atoms with Crippen molar-refractivity contribution >= 4 is 11.5 Å². The van der Waals surface area contributed by atoms with Gasteiger partial charge in [-0.2, -0.15) is 0 Å². The first-order valence-electron chi connectivity index (χ1n) is 6.30. The van der Waals surface area contributed by atoms with Crippen LogP contribution in [0, 0.1) is 24.0 Å². The Labute approximate surface area is 116 Å². The van der Waals surface area contributed by atoms with Crippen LogP contribution in [-0.4, -0.2) is 19.9 Å². The molecule has 0 saturated carbocycles. The number of aryl methyl sites for hydroxylation is 2. The van der Waals surface area contributed by atoms with Crippen LogP contribution in [0.3, 0.4) is 0 Å². The Bertz CT molecular complexity index is 676. The molecule has 1 aromatic heterocycles. The second kappa shape index (κ2) is 4.92. The third kappa shape index (κ3) is 2.22. The predicted molar refractivity (Wildman–Crippen MR) is 76.0 cm³/mol. The van der Waals surface area contributed by atoms with E-state index in [1.165, 1.54) is 6.07 Å². The maximum Gasteiger partial charge on any atom is 0.274 e. The molecule has 0 amide bonds. The fourth-order valence-electron chi connectivity index (χ4n) is 2.27. The highest BCUT2D eigenvalue weighted by Crippen LogP contribution is 2.29. The Balaban J connectivity index is 2.70. The van der Waals surface area contributed by atoms with Crippen LogP contribution in [0.5, 0.6) is 0 Å². The zero-order valence-electron chi connectivity index (χ0n) is 11.9. The van der Waals surface area contributed by atoms with Crippen LogP contribution in [0.25, 0.3) is 5.69 Å².